The first kappa shape index (κ1) is 18.1. The topological polar surface area (TPSA) is 35.5 Å². The molecule has 0 saturated carbocycles. The zero-order valence-electron chi connectivity index (χ0n) is 14.7. The summed E-state index contributed by atoms with van der Waals surface area (Å²) >= 11 is 0. The number of ether oxygens (including phenoxy) is 2. The monoisotopic (exact) mass is 326 g/mol. The molecule has 24 heavy (non-hydrogen) atoms. The van der Waals surface area contributed by atoms with Gasteiger partial charge in [-0.05, 0) is 42.2 Å². The van der Waals surface area contributed by atoms with Crippen molar-refractivity contribution >= 4 is 5.97 Å². The molecule has 1 unspecified atom stereocenters. The Bertz CT molecular complexity index is 629. The van der Waals surface area contributed by atoms with Gasteiger partial charge in [0.25, 0.3) is 0 Å². The van der Waals surface area contributed by atoms with E-state index < -0.39 is 0 Å². The van der Waals surface area contributed by atoms with Crippen LogP contribution in [0.15, 0.2) is 48.5 Å². The minimum atomic E-state index is -0.247. The van der Waals surface area contributed by atoms with Gasteiger partial charge in [-0.15, -0.1) is 0 Å². The van der Waals surface area contributed by atoms with Crippen LogP contribution in [0, 0.1) is 0 Å². The first-order chi connectivity index (χ1) is 11.7. The fourth-order valence-corrected chi connectivity index (χ4v) is 2.56. The van der Waals surface area contributed by atoms with E-state index >= 15 is 0 Å². The van der Waals surface area contributed by atoms with Crippen molar-refractivity contribution in [2.24, 2.45) is 0 Å². The Morgan fingerprint density at radius 3 is 2.08 bits per heavy atom. The molecule has 0 aliphatic rings. The van der Waals surface area contributed by atoms with E-state index in [-0.39, 0.29) is 11.9 Å². The maximum atomic E-state index is 11.6. The van der Waals surface area contributed by atoms with Crippen LogP contribution in [0.1, 0.15) is 44.6 Å². The lowest BCUT2D eigenvalue weighted by molar-refractivity contribution is -0.141. The van der Waals surface area contributed by atoms with Crippen molar-refractivity contribution in [3.63, 3.8) is 0 Å². The number of hydrogen-bond donors (Lipinski definition) is 0. The highest BCUT2D eigenvalue weighted by molar-refractivity contribution is 5.78. The number of carbonyl (C=O) groups excluding carboxylic acids is 1. The summed E-state index contributed by atoms with van der Waals surface area (Å²) in [7, 11) is 1.42. The Hall–Kier alpha value is -2.29. The van der Waals surface area contributed by atoms with Gasteiger partial charge >= 0.3 is 5.97 Å². The van der Waals surface area contributed by atoms with E-state index in [1.807, 2.05) is 43.3 Å². The summed E-state index contributed by atoms with van der Waals surface area (Å²) in [6, 6.07) is 16.2. The van der Waals surface area contributed by atoms with E-state index in [2.05, 4.69) is 19.1 Å². The molecular weight excluding hydrogens is 300 g/mol. The maximum absolute atomic E-state index is 11.6. The third-order valence-electron chi connectivity index (χ3n) is 4.17. The second-order valence-electron chi connectivity index (χ2n) is 5.95. The molecule has 0 aromatic heterocycles. The van der Waals surface area contributed by atoms with Gasteiger partial charge in [-0.25, -0.2) is 0 Å². The number of benzene rings is 2. The molecule has 0 spiro atoms. The van der Waals surface area contributed by atoms with Gasteiger partial charge in [0.1, 0.15) is 5.75 Å². The van der Waals surface area contributed by atoms with Crippen LogP contribution < -0.4 is 4.74 Å². The molecule has 2 aromatic carbocycles. The Morgan fingerprint density at radius 1 is 0.958 bits per heavy atom. The quantitative estimate of drug-likeness (QED) is 0.494. The zero-order valence-corrected chi connectivity index (χ0v) is 14.7. The maximum Gasteiger partial charge on any atom is 0.312 e. The molecule has 0 fully saturated rings. The lowest BCUT2D eigenvalue weighted by Crippen LogP contribution is -2.10. The van der Waals surface area contributed by atoms with Crippen LogP contribution in [0.25, 0.3) is 11.1 Å². The average molecular weight is 326 g/mol. The SMILES string of the molecule is CCCCCOc1ccc(-c2ccc(C(C)C(=O)OC)cc2)cc1. The zero-order chi connectivity index (χ0) is 17.4. The summed E-state index contributed by atoms with van der Waals surface area (Å²) in [4.78, 5) is 11.6. The van der Waals surface area contributed by atoms with Crippen LogP contribution in [0.4, 0.5) is 0 Å². The fraction of sp³-hybridized carbons (Fsp3) is 0.381. The predicted molar refractivity (Wildman–Crippen MR) is 97.3 cm³/mol. The lowest BCUT2D eigenvalue weighted by atomic mass is 9.97. The first-order valence-electron chi connectivity index (χ1n) is 8.56. The van der Waals surface area contributed by atoms with E-state index in [1.165, 1.54) is 20.0 Å². The number of methoxy groups -OCH3 is 1. The summed E-state index contributed by atoms with van der Waals surface area (Å²) in [6.07, 6.45) is 3.50. The molecule has 0 amide bonds. The smallest absolute Gasteiger partial charge is 0.312 e. The Kier molecular flexibility index (Phi) is 6.86. The van der Waals surface area contributed by atoms with Gasteiger partial charge in [0.2, 0.25) is 0 Å². The minimum Gasteiger partial charge on any atom is -0.494 e. The molecule has 128 valence electrons. The third kappa shape index (κ3) is 4.85. The summed E-state index contributed by atoms with van der Waals surface area (Å²) in [5, 5.41) is 0. The highest BCUT2D eigenvalue weighted by Gasteiger charge is 2.15. The number of carbonyl (C=O) groups is 1. The lowest BCUT2D eigenvalue weighted by Gasteiger charge is -2.11. The average Bonchev–Trinajstić information content (AvgIpc) is 2.64. The molecule has 0 aliphatic carbocycles. The van der Waals surface area contributed by atoms with Gasteiger partial charge in [0, 0.05) is 0 Å². The van der Waals surface area contributed by atoms with Crippen LogP contribution in [-0.2, 0) is 9.53 Å². The largest absolute Gasteiger partial charge is 0.494 e. The third-order valence-corrected chi connectivity index (χ3v) is 4.17. The van der Waals surface area contributed by atoms with Gasteiger partial charge in [-0.2, -0.15) is 0 Å². The van der Waals surface area contributed by atoms with Crippen molar-refractivity contribution in [1.29, 1.82) is 0 Å². The van der Waals surface area contributed by atoms with E-state index in [9.17, 15) is 4.79 Å². The van der Waals surface area contributed by atoms with Crippen LogP contribution in [0.5, 0.6) is 5.75 Å². The Morgan fingerprint density at radius 2 is 1.54 bits per heavy atom. The van der Waals surface area contributed by atoms with Crippen molar-refractivity contribution in [2.75, 3.05) is 13.7 Å². The Balaban J connectivity index is 2.00. The molecule has 1 atom stereocenters. The van der Waals surface area contributed by atoms with Gasteiger partial charge in [-0.3, -0.25) is 4.79 Å². The Labute approximate surface area is 144 Å². The van der Waals surface area contributed by atoms with Crippen LogP contribution in [-0.4, -0.2) is 19.7 Å². The molecule has 0 N–H and O–H groups in total. The normalized spacial score (nSPS) is 11.8. The van der Waals surface area contributed by atoms with E-state index in [4.69, 9.17) is 9.47 Å². The van der Waals surface area contributed by atoms with E-state index in [0.717, 1.165) is 35.5 Å². The fourth-order valence-electron chi connectivity index (χ4n) is 2.56. The van der Waals surface area contributed by atoms with Crippen LogP contribution in [0.2, 0.25) is 0 Å². The molecule has 0 bridgehead atoms. The van der Waals surface area contributed by atoms with E-state index in [1.54, 1.807) is 0 Å². The molecule has 2 rings (SSSR count). The molecule has 0 radical (unpaired) electrons. The van der Waals surface area contributed by atoms with Gasteiger partial charge < -0.3 is 9.47 Å². The number of esters is 1. The number of hydrogen-bond acceptors (Lipinski definition) is 3. The van der Waals surface area contributed by atoms with Crippen molar-refractivity contribution in [3.05, 3.63) is 54.1 Å². The summed E-state index contributed by atoms with van der Waals surface area (Å²) < 4.78 is 10.5. The van der Waals surface area contributed by atoms with Crippen LogP contribution >= 0.6 is 0 Å². The van der Waals surface area contributed by atoms with Gasteiger partial charge in [0.05, 0.1) is 19.6 Å². The summed E-state index contributed by atoms with van der Waals surface area (Å²) in [5.41, 5.74) is 3.21. The van der Waals surface area contributed by atoms with Crippen molar-refractivity contribution in [3.8, 4) is 16.9 Å². The molecule has 0 heterocycles. The summed E-state index contributed by atoms with van der Waals surface area (Å²) in [6.45, 7) is 4.81. The highest BCUT2D eigenvalue weighted by Crippen LogP contribution is 2.25. The first-order valence-corrected chi connectivity index (χ1v) is 8.56. The number of rotatable bonds is 8. The second-order valence-corrected chi connectivity index (χ2v) is 5.95. The van der Waals surface area contributed by atoms with Gasteiger partial charge in [0.15, 0.2) is 0 Å². The van der Waals surface area contributed by atoms with E-state index in [0.29, 0.717) is 0 Å². The molecule has 0 aliphatic heterocycles. The van der Waals surface area contributed by atoms with Crippen LogP contribution in [0.3, 0.4) is 0 Å². The minimum absolute atomic E-state index is 0.215. The second kappa shape index (κ2) is 9.11. The standard InChI is InChI=1S/C21H26O3/c1-4-5-6-15-24-20-13-11-19(12-14-20)18-9-7-17(8-10-18)16(2)21(22)23-3/h7-14,16H,4-6,15H2,1-3H3. The summed E-state index contributed by atoms with van der Waals surface area (Å²) in [5.74, 6) is 0.445. The van der Waals surface area contributed by atoms with Crippen molar-refractivity contribution in [1.82, 2.24) is 0 Å². The molecular formula is C21H26O3. The molecule has 2 aromatic rings. The van der Waals surface area contributed by atoms with Crippen molar-refractivity contribution < 1.29 is 14.3 Å². The highest BCUT2D eigenvalue weighted by atomic mass is 16.5. The van der Waals surface area contributed by atoms with Crippen molar-refractivity contribution in [2.45, 2.75) is 39.0 Å². The molecule has 3 heteroatoms. The predicted octanol–water partition coefficient (Wildman–Crippen LogP) is 5.20. The van der Waals surface area contributed by atoms with Gasteiger partial charge in [-0.1, -0.05) is 56.2 Å². The molecule has 0 saturated heterocycles. The number of unbranched alkanes of at least 4 members (excludes halogenated alkanes) is 2. The molecule has 3 nitrogen and oxygen atoms in total.